The number of hydrogen-bond acceptors (Lipinski definition) is 4. The number of nitrogens with zero attached hydrogens (tertiary/aromatic N) is 4. The maximum absolute atomic E-state index is 13.7. The first-order valence-electron chi connectivity index (χ1n) is 13.4. The number of likely N-dealkylation sites (tertiary alicyclic amines) is 1. The fourth-order valence-electron chi connectivity index (χ4n) is 5.72. The predicted molar refractivity (Wildman–Crippen MR) is 146 cm³/mol. The number of aromatic nitrogens is 2. The molecule has 188 valence electrons. The van der Waals surface area contributed by atoms with Gasteiger partial charge >= 0.3 is 0 Å². The Morgan fingerprint density at radius 3 is 2.40 bits per heavy atom. The molecule has 2 heterocycles. The van der Waals surface area contributed by atoms with Crippen molar-refractivity contribution in [1.82, 2.24) is 19.4 Å². The maximum atomic E-state index is 13.7. The van der Waals surface area contributed by atoms with Crippen LogP contribution in [0.3, 0.4) is 0 Å². The van der Waals surface area contributed by atoms with Gasteiger partial charge in [-0.1, -0.05) is 69.7 Å². The summed E-state index contributed by atoms with van der Waals surface area (Å²) in [4.78, 5) is 23.8. The Kier molecular flexibility index (Phi) is 8.74. The molecule has 0 spiro atoms. The average molecular weight is 475 g/mol. The van der Waals surface area contributed by atoms with Gasteiger partial charge in [-0.15, -0.1) is 0 Å². The van der Waals surface area contributed by atoms with Crippen molar-refractivity contribution in [2.75, 3.05) is 33.2 Å². The molecule has 0 saturated carbocycles. The van der Waals surface area contributed by atoms with E-state index in [0.717, 1.165) is 62.2 Å². The molecule has 0 amide bonds. The number of fused-ring (bicyclic) bond motifs is 1. The lowest BCUT2D eigenvalue weighted by Crippen LogP contribution is -2.43. The van der Waals surface area contributed by atoms with Crippen molar-refractivity contribution < 1.29 is 0 Å². The first-order chi connectivity index (χ1) is 17.0. The predicted octanol–water partition coefficient (Wildman–Crippen LogP) is 5.39. The molecule has 4 rings (SSSR count). The Morgan fingerprint density at radius 2 is 1.69 bits per heavy atom. The summed E-state index contributed by atoms with van der Waals surface area (Å²) in [5, 5.41) is 0.721. The van der Waals surface area contributed by atoms with Gasteiger partial charge in [0.15, 0.2) is 0 Å². The van der Waals surface area contributed by atoms with E-state index in [1.54, 1.807) is 0 Å². The number of para-hydroxylation sites is 1. The van der Waals surface area contributed by atoms with Crippen molar-refractivity contribution in [1.29, 1.82) is 0 Å². The van der Waals surface area contributed by atoms with Crippen LogP contribution in [-0.4, -0.2) is 52.6 Å². The number of rotatable bonds is 10. The lowest BCUT2D eigenvalue weighted by molar-refractivity contribution is 0.0832. The Bertz CT molecular complexity index is 1130. The van der Waals surface area contributed by atoms with Crippen LogP contribution in [0.4, 0.5) is 0 Å². The van der Waals surface area contributed by atoms with Gasteiger partial charge in [0.25, 0.3) is 5.56 Å². The molecule has 1 aliphatic heterocycles. The third kappa shape index (κ3) is 6.39. The zero-order valence-corrected chi connectivity index (χ0v) is 22.0. The van der Waals surface area contributed by atoms with Gasteiger partial charge in [-0.2, -0.15) is 0 Å². The summed E-state index contributed by atoms with van der Waals surface area (Å²) in [6.07, 6.45) is 4.38. The Balaban J connectivity index is 1.62. The van der Waals surface area contributed by atoms with Crippen LogP contribution >= 0.6 is 0 Å². The number of benzene rings is 2. The number of piperidine rings is 1. The highest BCUT2D eigenvalue weighted by atomic mass is 16.1. The van der Waals surface area contributed by atoms with E-state index in [2.05, 4.69) is 68.0 Å². The van der Waals surface area contributed by atoms with Gasteiger partial charge in [0.1, 0.15) is 5.82 Å². The molecule has 1 aliphatic rings. The van der Waals surface area contributed by atoms with Crippen LogP contribution in [0.1, 0.15) is 57.5 Å². The van der Waals surface area contributed by atoms with E-state index in [9.17, 15) is 4.79 Å². The second-order valence-corrected chi connectivity index (χ2v) is 10.7. The Labute approximate surface area is 210 Å². The molecule has 3 aromatic rings. The van der Waals surface area contributed by atoms with Gasteiger partial charge < -0.3 is 4.90 Å². The smallest absolute Gasteiger partial charge is 0.261 e. The van der Waals surface area contributed by atoms with E-state index in [1.807, 2.05) is 28.8 Å². The van der Waals surface area contributed by atoms with E-state index in [-0.39, 0.29) is 11.6 Å². The van der Waals surface area contributed by atoms with Gasteiger partial charge in [-0.25, -0.2) is 4.98 Å². The van der Waals surface area contributed by atoms with Crippen LogP contribution in [0.15, 0.2) is 59.4 Å². The lowest BCUT2D eigenvalue weighted by Gasteiger charge is -2.40. The van der Waals surface area contributed by atoms with Crippen LogP contribution in [0.5, 0.6) is 0 Å². The summed E-state index contributed by atoms with van der Waals surface area (Å²) in [5.74, 6) is 2.29. The zero-order chi connectivity index (χ0) is 24.8. The highest BCUT2D eigenvalue weighted by molar-refractivity contribution is 5.77. The molecular weight excluding hydrogens is 432 g/mol. The molecule has 1 unspecified atom stereocenters. The van der Waals surface area contributed by atoms with E-state index in [1.165, 1.54) is 12.0 Å². The molecule has 35 heavy (non-hydrogen) atoms. The van der Waals surface area contributed by atoms with E-state index in [0.29, 0.717) is 18.4 Å². The Hall–Kier alpha value is -2.50. The summed E-state index contributed by atoms with van der Waals surface area (Å²) in [5.41, 5.74) is 2.27. The van der Waals surface area contributed by atoms with Gasteiger partial charge in [-0.05, 0) is 55.8 Å². The van der Waals surface area contributed by atoms with E-state index < -0.39 is 0 Å². The molecule has 0 bridgehead atoms. The van der Waals surface area contributed by atoms with Crippen LogP contribution < -0.4 is 5.56 Å². The minimum Gasteiger partial charge on any atom is -0.304 e. The second kappa shape index (κ2) is 12.0. The summed E-state index contributed by atoms with van der Waals surface area (Å²) in [6.45, 7) is 11.6. The third-order valence-corrected chi connectivity index (χ3v) is 7.42. The first-order valence-corrected chi connectivity index (χ1v) is 13.4. The van der Waals surface area contributed by atoms with Gasteiger partial charge in [0, 0.05) is 32.7 Å². The number of likely N-dealkylation sites (N-methyl/N-ethyl adjacent to an activating group) is 1. The van der Waals surface area contributed by atoms with E-state index in [4.69, 9.17) is 4.98 Å². The van der Waals surface area contributed by atoms with Crippen molar-refractivity contribution in [2.24, 2.45) is 11.8 Å². The largest absolute Gasteiger partial charge is 0.304 e. The second-order valence-electron chi connectivity index (χ2n) is 10.7. The molecule has 2 aromatic carbocycles. The zero-order valence-electron chi connectivity index (χ0n) is 22.0. The fourth-order valence-corrected chi connectivity index (χ4v) is 5.72. The van der Waals surface area contributed by atoms with Crippen LogP contribution in [0, 0.1) is 11.8 Å². The monoisotopic (exact) mass is 474 g/mol. The maximum Gasteiger partial charge on any atom is 0.261 e. The van der Waals surface area contributed by atoms with Gasteiger partial charge in [0.2, 0.25) is 0 Å². The first kappa shape index (κ1) is 25.6. The summed E-state index contributed by atoms with van der Waals surface area (Å²) in [7, 11) is 2.15. The molecule has 0 aliphatic carbocycles. The number of hydrogen-bond donors (Lipinski definition) is 0. The van der Waals surface area contributed by atoms with Crippen molar-refractivity contribution in [3.8, 4) is 0 Å². The van der Waals surface area contributed by atoms with Crippen LogP contribution in [-0.2, 0) is 13.0 Å². The summed E-state index contributed by atoms with van der Waals surface area (Å²) in [6, 6.07) is 18.6. The SMILES string of the molecule is CCCC(c1nc2ccccc2c(=O)n1CCN(C)CCc1ccccc1)N1C[C@H](C)C[C@H](C)C1. The van der Waals surface area contributed by atoms with Crippen molar-refractivity contribution in [3.63, 3.8) is 0 Å². The van der Waals surface area contributed by atoms with Crippen LogP contribution in [0.25, 0.3) is 10.9 Å². The molecule has 0 N–H and O–H groups in total. The Morgan fingerprint density at radius 1 is 1.00 bits per heavy atom. The average Bonchev–Trinajstić information content (AvgIpc) is 2.85. The molecule has 3 atom stereocenters. The van der Waals surface area contributed by atoms with Gasteiger partial charge in [0.05, 0.1) is 16.9 Å². The third-order valence-electron chi connectivity index (χ3n) is 7.42. The summed E-state index contributed by atoms with van der Waals surface area (Å²) >= 11 is 0. The topological polar surface area (TPSA) is 41.4 Å². The normalized spacial score (nSPS) is 19.9. The molecule has 5 heteroatoms. The molecule has 0 radical (unpaired) electrons. The van der Waals surface area contributed by atoms with Crippen molar-refractivity contribution >= 4 is 10.9 Å². The van der Waals surface area contributed by atoms with Gasteiger partial charge in [-0.3, -0.25) is 14.3 Å². The highest BCUT2D eigenvalue weighted by Crippen LogP contribution is 2.31. The van der Waals surface area contributed by atoms with Crippen molar-refractivity contribution in [3.05, 3.63) is 76.3 Å². The molecule has 5 nitrogen and oxygen atoms in total. The van der Waals surface area contributed by atoms with Crippen molar-refractivity contribution in [2.45, 2.75) is 59.0 Å². The van der Waals surface area contributed by atoms with Crippen LogP contribution in [0.2, 0.25) is 0 Å². The molecule has 1 saturated heterocycles. The molecule has 1 fully saturated rings. The molecular formula is C30H42N4O. The highest BCUT2D eigenvalue weighted by Gasteiger charge is 2.31. The minimum absolute atomic E-state index is 0.0984. The molecule has 1 aromatic heterocycles. The minimum atomic E-state index is 0.0984. The quantitative estimate of drug-likeness (QED) is 0.395. The lowest BCUT2D eigenvalue weighted by atomic mass is 9.90. The van der Waals surface area contributed by atoms with E-state index >= 15 is 0 Å². The standard InChI is InChI=1S/C30H42N4O/c1-5-11-28(33-21-23(2)20-24(3)22-33)29-31-27-15-10-9-14-26(27)30(35)34(29)19-18-32(4)17-16-25-12-7-6-8-13-25/h6-10,12-15,23-24,28H,5,11,16-22H2,1-4H3/t23-,24+,28?. The fraction of sp³-hybridized carbons (Fsp3) is 0.533. The summed E-state index contributed by atoms with van der Waals surface area (Å²) < 4.78 is 1.99.